The van der Waals surface area contributed by atoms with Crippen molar-refractivity contribution in [1.29, 1.82) is 0 Å². The summed E-state index contributed by atoms with van der Waals surface area (Å²) in [4.78, 5) is 13.8. The summed E-state index contributed by atoms with van der Waals surface area (Å²) in [6, 6.07) is 0. The first-order chi connectivity index (χ1) is 6.88. The van der Waals surface area contributed by atoms with Crippen LogP contribution in [-0.2, 0) is 9.53 Å². The summed E-state index contributed by atoms with van der Waals surface area (Å²) in [6.45, 7) is 4.58. The van der Waals surface area contributed by atoms with Gasteiger partial charge in [0.15, 0.2) is 0 Å². The molecule has 78 valence electrons. The molecule has 0 bridgehead atoms. The Kier molecular flexibility index (Phi) is 3.16. The van der Waals surface area contributed by atoms with Crippen molar-refractivity contribution in [3.8, 4) is 0 Å². The Morgan fingerprint density at radius 1 is 1.43 bits per heavy atom. The Morgan fingerprint density at radius 3 is 2.86 bits per heavy atom. The van der Waals surface area contributed by atoms with Crippen molar-refractivity contribution in [1.82, 2.24) is 10.2 Å². The molecule has 1 N–H and O–H groups in total. The van der Waals surface area contributed by atoms with E-state index < -0.39 is 0 Å². The van der Waals surface area contributed by atoms with Gasteiger partial charge in [-0.2, -0.15) is 0 Å². The standard InChI is InChI=1S/C10H16N2O2/c13-10(9-1-3-11-4-2-9)12-5-7-14-8-6-12/h1,11H,2-8H2. The molecular weight excluding hydrogens is 180 g/mol. The van der Waals surface area contributed by atoms with Gasteiger partial charge in [-0.25, -0.2) is 0 Å². The van der Waals surface area contributed by atoms with Gasteiger partial charge in [0.05, 0.1) is 13.2 Å². The minimum atomic E-state index is 0.204. The summed E-state index contributed by atoms with van der Waals surface area (Å²) in [6.07, 6.45) is 2.86. The van der Waals surface area contributed by atoms with Crippen LogP contribution in [0.25, 0.3) is 0 Å². The molecule has 0 saturated carbocycles. The minimum Gasteiger partial charge on any atom is -0.378 e. The van der Waals surface area contributed by atoms with E-state index in [0.29, 0.717) is 13.2 Å². The fourth-order valence-corrected chi connectivity index (χ4v) is 1.79. The predicted molar refractivity (Wildman–Crippen MR) is 53.0 cm³/mol. The average Bonchev–Trinajstić information content (AvgIpc) is 2.30. The minimum absolute atomic E-state index is 0.204. The van der Waals surface area contributed by atoms with Gasteiger partial charge in [0, 0.05) is 25.2 Å². The lowest BCUT2D eigenvalue weighted by atomic mass is 10.1. The molecule has 0 radical (unpaired) electrons. The van der Waals surface area contributed by atoms with Gasteiger partial charge < -0.3 is 15.0 Å². The number of nitrogens with zero attached hydrogens (tertiary/aromatic N) is 1. The Balaban J connectivity index is 1.95. The summed E-state index contributed by atoms with van der Waals surface area (Å²) in [5.41, 5.74) is 0.964. The van der Waals surface area contributed by atoms with Crippen LogP contribution in [0.3, 0.4) is 0 Å². The van der Waals surface area contributed by atoms with Crippen molar-refractivity contribution in [2.45, 2.75) is 6.42 Å². The zero-order valence-corrected chi connectivity index (χ0v) is 8.29. The van der Waals surface area contributed by atoms with E-state index in [1.807, 2.05) is 11.0 Å². The number of hydrogen-bond donors (Lipinski definition) is 1. The Hall–Kier alpha value is -0.870. The third-order valence-electron chi connectivity index (χ3n) is 2.64. The molecule has 2 aliphatic heterocycles. The molecular formula is C10H16N2O2. The second kappa shape index (κ2) is 4.57. The van der Waals surface area contributed by atoms with E-state index in [4.69, 9.17) is 4.74 Å². The fraction of sp³-hybridized carbons (Fsp3) is 0.700. The fourth-order valence-electron chi connectivity index (χ4n) is 1.79. The molecule has 0 aliphatic carbocycles. The molecule has 0 aromatic heterocycles. The largest absolute Gasteiger partial charge is 0.378 e. The SMILES string of the molecule is O=C(C1=CCNCC1)N1CCOCC1. The van der Waals surface area contributed by atoms with E-state index in [1.54, 1.807) is 0 Å². The highest BCUT2D eigenvalue weighted by atomic mass is 16.5. The number of hydrogen-bond acceptors (Lipinski definition) is 3. The lowest BCUT2D eigenvalue weighted by molar-refractivity contribution is -0.131. The highest BCUT2D eigenvalue weighted by Crippen LogP contribution is 2.10. The van der Waals surface area contributed by atoms with E-state index in [1.165, 1.54) is 0 Å². The molecule has 4 heteroatoms. The third-order valence-corrected chi connectivity index (χ3v) is 2.64. The highest BCUT2D eigenvalue weighted by Gasteiger charge is 2.20. The monoisotopic (exact) mass is 196 g/mol. The van der Waals surface area contributed by atoms with Crippen LogP contribution < -0.4 is 5.32 Å². The maximum Gasteiger partial charge on any atom is 0.249 e. The summed E-state index contributed by atoms with van der Waals surface area (Å²) in [7, 11) is 0. The first kappa shape index (κ1) is 9.68. The highest BCUT2D eigenvalue weighted by molar-refractivity contribution is 5.93. The number of nitrogens with one attached hydrogen (secondary N) is 1. The number of amides is 1. The molecule has 1 saturated heterocycles. The molecule has 1 fully saturated rings. The van der Waals surface area contributed by atoms with Gasteiger partial charge in [0.25, 0.3) is 0 Å². The Morgan fingerprint density at radius 2 is 2.21 bits per heavy atom. The summed E-state index contributed by atoms with van der Waals surface area (Å²) < 4.78 is 5.21. The van der Waals surface area contributed by atoms with Crippen molar-refractivity contribution < 1.29 is 9.53 Å². The van der Waals surface area contributed by atoms with Crippen LogP contribution in [0.4, 0.5) is 0 Å². The van der Waals surface area contributed by atoms with Crippen LogP contribution in [0, 0.1) is 0 Å². The molecule has 4 nitrogen and oxygen atoms in total. The second-order valence-corrected chi connectivity index (χ2v) is 3.59. The smallest absolute Gasteiger partial charge is 0.249 e. The molecule has 0 aromatic rings. The zero-order valence-electron chi connectivity index (χ0n) is 8.29. The second-order valence-electron chi connectivity index (χ2n) is 3.59. The van der Waals surface area contributed by atoms with Crippen LogP contribution in [-0.4, -0.2) is 50.2 Å². The van der Waals surface area contributed by atoms with Gasteiger partial charge in [0.2, 0.25) is 5.91 Å². The summed E-state index contributed by atoms with van der Waals surface area (Å²) in [5, 5.41) is 3.20. The third kappa shape index (κ3) is 2.13. The van der Waals surface area contributed by atoms with Crippen LogP contribution >= 0.6 is 0 Å². The van der Waals surface area contributed by atoms with Gasteiger partial charge >= 0.3 is 0 Å². The molecule has 2 rings (SSSR count). The maximum absolute atomic E-state index is 11.9. The van der Waals surface area contributed by atoms with E-state index in [0.717, 1.165) is 38.2 Å². The molecule has 14 heavy (non-hydrogen) atoms. The van der Waals surface area contributed by atoms with Gasteiger partial charge in [-0.3, -0.25) is 4.79 Å². The van der Waals surface area contributed by atoms with E-state index in [2.05, 4.69) is 5.32 Å². The lowest BCUT2D eigenvalue weighted by Crippen LogP contribution is -2.42. The molecule has 0 unspecified atom stereocenters. The van der Waals surface area contributed by atoms with Crippen LogP contribution in [0.2, 0.25) is 0 Å². The van der Waals surface area contributed by atoms with Crippen molar-refractivity contribution in [2.24, 2.45) is 0 Å². The molecule has 0 atom stereocenters. The quantitative estimate of drug-likeness (QED) is 0.629. The predicted octanol–water partition coefficient (Wildman–Crippen LogP) is -0.235. The first-order valence-corrected chi connectivity index (χ1v) is 5.15. The number of rotatable bonds is 1. The average molecular weight is 196 g/mol. The molecule has 0 spiro atoms. The van der Waals surface area contributed by atoms with Crippen LogP contribution in [0.1, 0.15) is 6.42 Å². The van der Waals surface area contributed by atoms with E-state index in [9.17, 15) is 4.79 Å². The topological polar surface area (TPSA) is 41.6 Å². The van der Waals surface area contributed by atoms with Gasteiger partial charge in [0.1, 0.15) is 0 Å². The molecule has 2 aliphatic rings. The number of ether oxygens (including phenoxy) is 1. The molecule has 1 amide bonds. The number of carbonyl (C=O) groups excluding carboxylic acids is 1. The van der Waals surface area contributed by atoms with Crippen molar-refractivity contribution >= 4 is 5.91 Å². The van der Waals surface area contributed by atoms with E-state index >= 15 is 0 Å². The zero-order chi connectivity index (χ0) is 9.80. The van der Waals surface area contributed by atoms with Crippen LogP contribution in [0.15, 0.2) is 11.6 Å². The van der Waals surface area contributed by atoms with Crippen LogP contribution in [0.5, 0.6) is 0 Å². The summed E-state index contributed by atoms with van der Waals surface area (Å²) >= 11 is 0. The van der Waals surface area contributed by atoms with E-state index in [-0.39, 0.29) is 5.91 Å². The van der Waals surface area contributed by atoms with Gasteiger partial charge in [-0.1, -0.05) is 6.08 Å². The molecule has 0 aromatic carbocycles. The van der Waals surface area contributed by atoms with Crippen molar-refractivity contribution in [2.75, 3.05) is 39.4 Å². The van der Waals surface area contributed by atoms with Crippen molar-refractivity contribution in [3.05, 3.63) is 11.6 Å². The Bertz CT molecular complexity index is 245. The van der Waals surface area contributed by atoms with Gasteiger partial charge in [-0.05, 0) is 13.0 Å². The number of carbonyl (C=O) groups is 1. The normalized spacial score (nSPS) is 23.1. The Labute approximate surface area is 83.9 Å². The first-order valence-electron chi connectivity index (χ1n) is 5.15. The summed E-state index contributed by atoms with van der Waals surface area (Å²) in [5.74, 6) is 0.204. The number of morpholine rings is 1. The van der Waals surface area contributed by atoms with Gasteiger partial charge in [-0.15, -0.1) is 0 Å². The maximum atomic E-state index is 11.9. The lowest BCUT2D eigenvalue weighted by Gasteiger charge is -2.28. The molecule has 2 heterocycles. The van der Waals surface area contributed by atoms with Crippen molar-refractivity contribution in [3.63, 3.8) is 0 Å².